The van der Waals surface area contributed by atoms with Crippen molar-refractivity contribution in [2.45, 2.75) is 45.1 Å². The molecule has 4 heteroatoms. The van der Waals surface area contributed by atoms with Gasteiger partial charge in [-0.15, -0.1) is 0 Å². The van der Waals surface area contributed by atoms with Gasteiger partial charge in [-0.05, 0) is 31.9 Å². The van der Waals surface area contributed by atoms with Crippen molar-refractivity contribution in [3.8, 4) is 0 Å². The molecule has 3 rings (SSSR count). The SMILES string of the molecule is C[C@@H]1CN([C@H](C)C(=O)NC(c2ccccc2)c2ccccc2)C[C@@H](C)O1. The number of amides is 1. The maximum atomic E-state index is 13.0. The molecule has 138 valence electrons. The van der Waals surface area contributed by atoms with E-state index in [2.05, 4.69) is 48.3 Å². The van der Waals surface area contributed by atoms with Crippen molar-refractivity contribution >= 4 is 5.91 Å². The Kier molecular flexibility index (Phi) is 6.07. The molecule has 0 bridgehead atoms. The molecule has 0 saturated carbocycles. The predicted molar refractivity (Wildman–Crippen MR) is 104 cm³/mol. The van der Waals surface area contributed by atoms with E-state index in [1.165, 1.54) is 0 Å². The first-order valence-electron chi connectivity index (χ1n) is 9.34. The van der Waals surface area contributed by atoms with Gasteiger partial charge in [0, 0.05) is 13.1 Å². The topological polar surface area (TPSA) is 41.6 Å². The lowest BCUT2D eigenvalue weighted by Gasteiger charge is -2.38. The van der Waals surface area contributed by atoms with E-state index < -0.39 is 0 Å². The highest BCUT2D eigenvalue weighted by molar-refractivity contribution is 5.82. The van der Waals surface area contributed by atoms with Crippen LogP contribution in [0.25, 0.3) is 0 Å². The third-order valence-corrected chi connectivity index (χ3v) is 4.93. The Labute approximate surface area is 156 Å². The van der Waals surface area contributed by atoms with Crippen molar-refractivity contribution in [1.82, 2.24) is 10.2 Å². The average Bonchev–Trinajstić information content (AvgIpc) is 2.66. The molecule has 3 atom stereocenters. The fourth-order valence-electron chi connectivity index (χ4n) is 3.61. The highest BCUT2D eigenvalue weighted by Gasteiger charge is 2.30. The summed E-state index contributed by atoms with van der Waals surface area (Å²) >= 11 is 0. The van der Waals surface area contributed by atoms with E-state index in [-0.39, 0.29) is 30.2 Å². The van der Waals surface area contributed by atoms with Gasteiger partial charge in [0.1, 0.15) is 0 Å². The van der Waals surface area contributed by atoms with Crippen LogP contribution in [0.4, 0.5) is 0 Å². The maximum absolute atomic E-state index is 13.0. The first kappa shape index (κ1) is 18.6. The van der Waals surface area contributed by atoms with Crippen LogP contribution in [-0.4, -0.2) is 42.1 Å². The lowest BCUT2D eigenvalue weighted by atomic mass is 9.98. The summed E-state index contributed by atoms with van der Waals surface area (Å²) in [5.74, 6) is 0.0454. The van der Waals surface area contributed by atoms with E-state index in [9.17, 15) is 4.79 Å². The highest BCUT2D eigenvalue weighted by Crippen LogP contribution is 2.22. The van der Waals surface area contributed by atoms with Crippen LogP contribution in [-0.2, 0) is 9.53 Å². The molecule has 0 spiro atoms. The monoisotopic (exact) mass is 352 g/mol. The molecule has 2 aromatic rings. The number of nitrogens with one attached hydrogen (secondary N) is 1. The minimum atomic E-state index is -0.196. The molecule has 2 aromatic carbocycles. The molecule has 1 fully saturated rings. The van der Waals surface area contributed by atoms with Gasteiger partial charge in [0.05, 0.1) is 24.3 Å². The Hall–Kier alpha value is -2.17. The summed E-state index contributed by atoms with van der Waals surface area (Å²) in [5.41, 5.74) is 2.17. The molecule has 1 heterocycles. The normalized spacial score (nSPS) is 22.2. The second kappa shape index (κ2) is 8.47. The minimum Gasteiger partial charge on any atom is -0.373 e. The summed E-state index contributed by atoms with van der Waals surface area (Å²) in [4.78, 5) is 15.2. The molecule has 0 unspecified atom stereocenters. The maximum Gasteiger partial charge on any atom is 0.237 e. The van der Waals surface area contributed by atoms with Crippen LogP contribution >= 0.6 is 0 Å². The zero-order chi connectivity index (χ0) is 18.5. The van der Waals surface area contributed by atoms with E-state index in [1.54, 1.807) is 0 Å². The Morgan fingerprint density at radius 2 is 1.42 bits per heavy atom. The smallest absolute Gasteiger partial charge is 0.237 e. The number of nitrogens with zero attached hydrogens (tertiary/aromatic N) is 1. The Morgan fingerprint density at radius 3 is 1.88 bits per heavy atom. The van der Waals surface area contributed by atoms with Gasteiger partial charge in [0.25, 0.3) is 0 Å². The van der Waals surface area contributed by atoms with E-state index in [4.69, 9.17) is 4.74 Å². The molecule has 1 saturated heterocycles. The molecule has 0 aromatic heterocycles. The third-order valence-electron chi connectivity index (χ3n) is 4.93. The summed E-state index contributed by atoms with van der Waals surface area (Å²) in [6.45, 7) is 7.65. The van der Waals surface area contributed by atoms with Crippen molar-refractivity contribution in [3.63, 3.8) is 0 Å². The number of hydrogen-bond donors (Lipinski definition) is 1. The zero-order valence-electron chi connectivity index (χ0n) is 15.8. The van der Waals surface area contributed by atoms with Gasteiger partial charge in [0.15, 0.2) is 0 Å². The number of benzene rings is 2. The van der Waals surface area contributed by atoms with Gasteiger partial charge in [-0.25, -0.2) is 0 Å². The summed E-state index contributed by atoms with van der Waals surface area (Å²) in [6, 6.07) is 19.9. The second-order valence-corrected chi connectivity index (χ2v) is 7.15. The summed E-state index contributed by atoms with van der Waals surface area (Å²) in [7, 11) is 0. The van der Waals surface area contributed by atoms with Gasteiger partial charge >= 0.3 is 0 Å². The molecule has 26 heavy (non-hydrogen) atoms. The molecule has 4 nitrogen and oxygen atoms in total. The van der Waals surface area contributed by atoms with E-state index in [0.29, 0.717) is 0 Å². The van der Waals surface area contributed by atoms with Crippen molar-refractivity contribution in [2.24, 2.45) is 0 Å². The summed E-state index contributed by atoms with van der Waals surface area (Å²) < 4.78 is 5.79. The number of rotatable bonds is 5. The van der Waals surface area contributed by atoms with Crippen LogP contribution < -0.4 is 5.32 Å². The first-order valence-corrected chi connectivity index (χ1v) is 9.34. The number of ether oxygens (including phenoxy) is 1. The van der Waals surface area contributed by atoms with Gasteiger partial charge < -0.3 is 10.1 Å². The fraction of sp³-hybridized carbons (Fsp3) is 0.409. The standard InChI is InChI=1S/C22H28N2O2/c1-16-14-24(15-17(2)26-16)18(3)22(25)23-21(19-10-6-4-7-11-19)20-12-8-5-9-13-20/h4-13,16-18,21H,14-15H2,1-3H3,(H,23,25)/t16-,17-,18-/m1/s1. The van der Waals surface area contributed by atoms with Gasteiger partial charge in [-0.3, -0.25) is 9.69 Å². The Balaban J connectivity index is 1.77. The van der Waals surface area contributed by atoms with Gasteiger partial charge in [-0.2, -0.15) is 0 Å². The van der Waals surface area contributed by atoms with E-state index in [1.807, 2.05) is 43.3 Å². The van der Waals surface area contributed by atoms with Crippen molar-refractivity contribution in [1.29, 1.82) is 0 Å². The number of carbonyl (C=O) groups excluding carboxylic acids is 1. The summed E-state index contributed by atoms with van der Waals surface area (Å²) in [5, 5.41) is 3.25. The van der Waals surface area contributed by atoms with E-state index >= 15 is 0 Å². The number of carbonyl (C=O) groups is 1. The average molecular weight is 352 g/mol. The Morgan fingerprint density at radius 1 is 0.962 bits per heavy atom. The highest BCUT2D eigenvalue weighted by atomic mass is 16.5. The van der Waals surface area contributed by atoms with Crippen molar-refractivity contribution in [3.05, 3.63) is 71.8 Å². The Bertz CT molecular complexity index is 655. The van der Waals surface area contributed by atoms with Gasteiger partial charge in [-0.1, -0.05) is 60.7 Å². The van der Waals surface area contributed by atoms with Crippen LogP contribution in [0.2, 0.25) is 0 Å². The molecule has 1 aliphatic heterocycles. The van der Waals surface area contributed by atoms with Crippen molar-refractivity contribution < 1.29 is 9.53 Å². The molecule has 1 amide bonds. The molecule has 1 aliphatic rings. The third kappa shape index (κ3) is 4.51. The van der Waals surface area contributed by atoms with Crippen LogP contribution in [0.15, 0.2) is 60.7 Å². The van der Waals surface area contributed by atoms with Crippen molar-refractivity contribution in [2.75, 3.05) is 13.1 Å². The second-order valence-electron chi connectivity index (χ2n) is 7.15. The quantitative estimate of drug-likeness (QED) is 0.897. The van der Waals surface area contributed by atoms with Gasteiger partial charge in [0.2, 0.25) is 5.91 Å². The van der Waals surface area contributed by atoms with Crippen LogP contribution in [0, 0.1) is 0 Å². The lowest BCUT2D eigenvalue weighted by Crippen LogP contribution is -2.54. The molecule has 0 aliphatic carbocycles. The number of hydrogen-bond acceptors (Lipinski definition) is 3. The fourth-order valence-corrected chi connectivity index (χ4v) is 3.61. The zero-order valence-corrected chi connectivity index (χ0v) is 15.8. The van der Waals surface area contributed by atoms with Crippen LogP contribution in [0.3, 0.4) is 0 Å². The molecule has 1 N–H and O–H groups in total. The molecular weight excluding hydrogens is 324 g/mol. The number of morpholine rings is 1. The molecular formula is C22H28N2O2. The first-order chi connectivity index (χ1) is 12.5. The van der Waals surface area contributed by atoms with Crippen LogP contribution in [0.5, 0.6) is 0 Å². The predicted octanol–water partition coefficient (Wildman–Crippen LogP) is 3.39. The summed E-state index contributed by atoms with van der Waals surface area (Å²) in [6.07, 6.45) is 0.293. The van der Waals surface area contributed by atoms with E-state index in [0.717, 1.165) is 24.2 Å². The largest absolute Gasteiger partial charge is 0.373 e. The molecule has 0 radical (unpaired) electrons. The lowest BCUT2D eigenvalue weighted by molar-refractivity contribution is -0.132. The van der Waals surface area contributed by atoms with Crippen LogP contribution in [0.1, 0.15) is 37.9 Å². The minimum absolute atomic E-state index is 0.0454.